The van der Waals surface area contributed by atoms with Crippen molar-refractivity contribution in [3.8, 4) is 11.6 Å². The molecule has 1 amide bonds. The predicted octanol–water partition coefficient (Wildman–Crippen LogP) is 2.83. The average Bonchev–Trinajstić information content (AvgIpc) is 3.21. The van der Waals surface area contributed by atoms with Crippen LogP contribution < -0.4 is 10.1 Å². The smallest absolute Gasteiger partial charge is 0.263 e. The molecule has 0 saturated heterocycles. The van der Waals surface area contributed by atoms with Gasteiger partial charge < -0.3 is 10.1 Å². The van der Waals surface area contributed by atoms with Crippen molar-refractivity contribution in [2.75, 3.05) is 11.9 Å². The fraction of sp³-hybridized carbons (Fsp3) is 0.0526. The number of carbonyl (C=O) groups is 1. The molecule has 7 nitrogen and oxygen atoms in total. The molecular formula is C19H15N5O2. The second kappa shape index (κ2) is 7.02. The lowest BCUT2D eigenvalue weighted by atomic mass is 10.1. The number of fused-ring (bicyclic) bond motifs is 1. The minimum atomic E-state index is -0.298. The molecule has 1 N–H and O–H groups in total. The van der Waals surface area contributed by atoms with Gasteiger partial charge in [0.25, 0.3) is 5.91 Å². The van der Waals surface area contributed by atoms with Gasteiger partial charge in [-0.15, -0.1) is 0 Å². The highest BCUT2D eigenvalue weighted by Gasteiger charge is 2.08. The van der Waals surface area contributed by atoms with Crippen LogP contribution in [0.25, 0.3) is 16.6 Å². The highest BCUT2D eigenvalue weighted by Crippen LogP contribution is 2.25. The number of amides is 1. The molecule has 2 aromatic carbocycles. The topological polar surface area (TPSA) is 81.9 Å². The van der Waals surface area contributed by atoms with E-state index in [1.807, 2.05) is 42.5 Å². The molecule has 2 aromatic heterocycles. The van der Waals surface area contributed by atoms with Crippen LogP contribution in [0.5, 0.6) is 5.75 Å². The first-order valence-electron chi connectivity index (χ1n) is 8.00. The quantitative estimate of drug-likeness (QED) is 0.601. The maximum atomic E-state index is 12.2. The van der Waals surface area contributed by atoms with Gasteiger partial charge in [-0.1, -0.05) is 36.4 Å². The molecule has 128 valence electrons. The molecule has 4 aromatic rings. The van der Waals surface area contributed by atoms with Crippen molar-refractivity contribution < 1.29 is 9.53 Å². The summed E-state index contributed by atoms with van der Waals surface area (Å²) in [4.78, 5) is 24.4. The van der Waals surface area contributed by atoms with Crippen LogP contribution in [0.4, 0.5) is 5.82 Å². The van der Waals surface area contributed by atoms with Gasteiger partial charge in [-0.3, -0.25) is 9.36 Å². The van der Waals surface area contributed by atoms with E-state index in [1.54, 1.807) is 29.4 Å². The summed E-state index contributed by atoms with van der Waals surface area (Å²) in [5.41, 5.74) is 0. The van der Waals surface area contributed by atoms with Gasteiger partial charge in [0.2, 0.25) is 0 Å². The van der Waals surface area contributed by atoms with Gasteiger partial charge in [-0.25, -0.2) is 15.0 Å². The summed E-state index contributed by atoms with van der Waals surface area (Å²) in [5, 5.41) is 4.74. The SMILES string of the molecule is O=C(COc1cccc2ccccc12)Nc1cc(-n2ccnc2)ncn1. The third-order valence-corrected chi connectivity index (χ3v) is 3.80. The number of nitrogens with zero attached hydrogens (tertiary/aromatic N) is 4. The molecule has 0 aliphatic heterocycles. The largest absolute Gasteiger partial charge is 0.483 e. The van der Waals surface area contributed by atoms with Gasteiger partial charge in [0, 0.05) is 23.8 Å². The summed E-state index contributed by atoms with van der Waals surface area (Å²) in [6, 6.07) is 15.3. The monoisotopic (exact) mass is 345 g/mol. The zero-order valence-corrected chi connectivity index (χ0v) is 13.7. The van der Waals surface area contributed by atoms with Crippen molar-refractivity contribution in [1.29, 1.82) is 0 Å². The Labute approximate surface area is 149 Å². The van der Waals surface area contributed by atoms with E-state index in [0.717, 1.165) is 10.8 Å². The number of hydrogen-bond acceptors (Lipinski definition) is 5. The molecule has 0 aliphatic carbocycles. The lowest BCUT2D eigenvalue weighted by Crippen LogP contribution is -2.21. The highest BCUT2D eigenvalue weighted by molar-refractivity contribution is 5.92. The van der Waals surface area contributed by atoms with E-state index >= 15 is 0 Å². The van der Waals surface area contributed by atoms with Crippen LogP contribution in [0, 0.1) is 0 Å². The molecule has 4 rings (SSSR count). The molecule has 0 saturated carbocycles. The van der Waals surface area contributed by atoms with Gasteiger partial charge in [-0.05, 0) is 11.5 Å². The summed E-state index contributed by atoms with van der Waals surface area (Å²) in [7, 11) is 0. The van der Waals surface area contributed by atoms with Crippen LogP contribution in [0.15, 0.2) is 73.6 Å². The van der Waals surface area contributed by atoms with Crippen LogP contribution in [-0.2, 0) is 4.79 Å². The fourth-order valence-electron chi connectivity index (χ4n) is 2.60. The minimum absolute atomic E-state index is 0.113. The van der Waals surface area contributed by atoms with Gasteiger partial charge in [0.1, 0.15) is 30.0 Å². The van der Waals surface area contributed by atoms with E-state index in [2.05, 4.69) is 20.3 Å². The standard InChI is InChI=1S/C19H15N5O2/c25-19(11-26-16-7-3-5-14-4-1-2-6-15(14)16)23-17-10-18(22-12-21-17)24-9-8-20-13-24/h1-10,12-13H,11H2,(H,21,22,23,25). The van der Waals surface area contributed by atoms with E-state index in [-0.39, 0.29) is 12.5 Å². The third kappa shape index (κ3) is 3.36. The maximum Gasteiger partial charge on any atom is 0.263 e. The molecular weight excluding hydrogens is 330 g/mol. The first kappa shape index (κ1) is 15.8. The molecule has 0 aliphatic rings. The van der Waals surface area contributed by atoms with E-state index in [0.29, 0.717) is 17.4 Å². The lowest BCUT2D eigenvalue weighted by molar-refractivity contribution is -0.118. The first-order valence-corrected chi connectivity index (χ1v) is 8.00. The molecule has 0 fully saturated rings. The van der Waals surface area contributed by atoms with Crippen LogP contribution in [-0.4, -0.2) is 32.0 Å². The Morgan fingerprint density at radius 3 is 2.88 bits per heavy atom. The number of nitrogens with one attached hydrogen (secondary N) is 1. The van der Waals surface area contributed by atoms with Gasteiger partial charge in [0.05, 0.1) is 0 Å². The Balaban J connectivity index is 1.44. The van der Waals surface area contributed by atoms with E-state index in [9.17, 15) is 4.79 Å². The molecule has 26 heavy (non-hydrogen) atoms. The zero-order valence-electron chi connectivity index (χ0n) is 13.7. The van der Waals surface area contributed by atoms with Crippen LogP contribution in [0.1, 0.15) is 0 Å². The number of aromatic nitrogens is 4. The second-order valence-electron chi connectivity index (χ2n) is 5.55. The van der Waals surface area contributed by atoms with Crippen LogP contribution >= 0.6 is 0 Å². The fourth-order valence-corrected chi connectivity index (χ4v) is 2.60. The lowest BCUT2D eigenvalue weighted by Gasteiger charge is -2.10. The summed E-state index contributed by atoms with van der Waals surface area (Å²) < 4.78 is 7.41. The Bertz CT molecular complexity index is 1040. The maximum absolute atomic E-state index is 12.2. The number of imidazole rings is 1. The average molecular weight is 345 g/mol. The zero-order chi connectivity index (χ0) is 17.8. The molecule has 0 spiro atoms. The summed E-state index contributed by atoms with van der Waals surface area (Å²) >= 11 is 0. The Hall–Kier alpha value is -3.74. The molecule has 2 heterocycles. The normalized spacial score (nSPS) is 10.6. The highest BCUT2D eigenvalue weighted by atomic mass is 16.5. The van der Waals surface area contributed by atoms with Crippen molar-refractivity contribution in [1.82, 2.24) is 19.5 Å². The molecule has 7 heteroatoms. The number of hydrogen-bond donors (Lipinski definition) is 1. The number of carbonyl (C=O) groups excluding carboxylic acids is 1. The van der Waals surface area contributed by atoms with Gasteiger partial charge in [0.15, 0.2) is 6.61 Å². The van der Waals surface area contributed by atoms with E-state index in [4.69, 9.17) is 4.74 Å². The Kier molecular flexibility index (Phi) is 4.26. The summed E-state index contributed by atoms with van der Waals surface area (Å²) in [6.07, 6.45) is 6.42. The minimum Gasteiger partial charge on any atom is -0.483 e. The van der Waals surface area contributed by atoms with E-state index in [1.165, 1.54) is 6.33 Å². The second-order valence-corrected chi connectivity index (χ2v) is 5.55. The number of anilines is 1. The molecule has 0 unspecified atom stereocenters. The number of rotatable bonds is 5. The van der Waals surface area contributed by atoms with Crippen molar-refractivity contribution in [2.45, 2.75) is 0 Å². The Morgan fingerprint density at radius 1 is 1.12 bits per heavy atom. The predicted molar refractivity (Wildman–Crippen MR) is 97.2 cm³/mol. The third-order valence-electron chi connectivity index (χ3n) is 3.80. The van der Waals surface area contributed by atoms with E-state index < -0.39 is 0 Å². The summed E-state index contributed by atoms with van der Waals surface area (Å²) in [6.45, 7) is -0.113. The molecule has 0 bridgehead atoms. The summed E-state index contributed by atoms with van der Waals surface area (Å²) in [5.74, 6) is 1.38. The number of benzene rings is 2. The number of ether oxygens (including phenoxy) is 1. The molecule has 0 radical (unpaired) electrons. The van der Waals surface area contributed by atoms with Crippen molar-refractivity contribution in [3.63, 3.8) is 0 Å². The van der Waals surface area contributed by atoms with Crippen molar-refractivity contribution >= 4 is 22.5 Å². The van der Waals surface area contributed by atoms with Gasteiger partial charge in [-0.2, -0.15) is 0 Å². The first-order chi connectivity index (χ1) is 12.8. The van der Waals surface area contributed by atoms with Crippen molar-refractivity contribution in [2.24, 2.45) is 0 Å². The Morgan fingerprint density at radius 2 is 2.00 bits per heavy atom. The van der Waals surface area contributed by atoms with Crippen LogP contribution in [0.3, 0.4) is 0 Å². The van der Waals surface area contributed by atoms with Crippen LogP contribution in [0.2, 0.25) is 0 Å². The van der Waals surface area contributed by atoms with Crippen molar-refractivity contribution in [3.05, 3.63) is 73.6 Å². The molecule has 0 atom stereocenters. The van der Waals surface area contributed by atoms with Gasteiger partial charge >= 0.3 is 0 Å².